The SMILES string of the molecule is O=C(O)OC1CCOc2cc(Oc3ccc(C(=O)NCCc4ccc(Cl)cc4-c4ccccc4Cl)cc3)c(Cl)cc21. The topological polar surface area (TPSA) is 94.1 Å². The van der Waals surface area contributed by atoms with Gasteiger partial charge in [-0.1, -0.05) is 59.1 Å². The highest BCUT2D eigenvalue weighted by molar-refractivity contribution is 6.34. The van der Waals surface area contributed by atoms with E-state index in [1.807, 2.05) is 42.5 Å². The summed E-state index contributed by atoms with van der Waals surface area (Å²) in [6.07, 6.45) is -1.05. The summed E-state index contributed by atoms with van der Waals surface area (Å²) in [5.74, 6) is 1.00. The summed E-state index contributed by atoms with van der Waals surface area (Å²) in [6.45, 7) is 0.711. The van der Waals surface area contributed by atoms with Crippen LogP contribution in [0, 0.1) is 0 Å². The zero-order chi connectivity index (χ0) is 28.9. The van der Waals surface area contributed by atoms with E-state index in [9.17, 15) is 9.59 Å². The fraction of sp³-hybridized carbons (Fsp3) is 0.161. The van der Waals surface area contributed by atoms with E-state index in [1.54, 1.807) is 36.4 Å². The van der Waals surface area contributed by atoms with Crippen LogP contribution in [0.5, 0.6) is 17.2 Å². The fourth-order valence-electron chi connectivity index (χ4n) is 4.59. The van der Waals surface area contributed by atoms with E-state index in [-0.39, 0.29) is 10.9 Å². The lowest BCUT2D eigenvalue weighted by atomic mass is 9.97. The maximum absolute atomic E-state index is 12.8. The van der Waals surface area contributed by atoms with Crippen molar-refractivity contribution in [1.29, 1.82) is 0 Å². The number of amides is 1. The predicted molar refractivity (Wildman–Crippen MR) is 158 cm³/mol. The number of carbonyl (C=O) groups is 2. The van der Waals surface area contributed by atoms with Crippen LogP contribution in [-0.4, -0.2) is 30.3 Å². The van der Waals surface area contributed by atoms with Crippen LogP contribution in [0.25, 0.3) is 11.1 Å². The van der Waals surface area contributed by atoms with Gasteiger partial charge in [0.15, 0.2) is 0 Å². The molecular formula is C31H24Cl3NO6. The maximum Gasteiger partial charge on any atom is 0.506 e. The normalized spacial score (nSPS) is 14.0. The molecule has 1 aliphatic heterocycles. The van der Waals surface area contributed by atoms with Crippen molar-refractivity contribution in [1.82, 2.24) is 5.32 Å². The van der Waals surface area contributed by atoms with E-state index in [0.29, 0.717) is 64.4 Å². The first-order valence-corrected chi connectivity index (χ1v) is 13.9. The highest BCUT2D eigenvalue weighted by Crippen LogP contribution is 2.42. The highest BCUT2D eigenvalue weighted by atomic mass is 35.5. The minimum absolute atomic E-state index is 0.227. The molecule has 0 aliphatic carbocycles. The Balaban J connectivity index is 1.21. The van der Waals surface area contributed by atoms with Crippen LogP contribution in [0.4, 0.5) is 4.79 Å². The monoisotopic (exact) mass is 611 g/mol. The predicted octanol–water partition coefficient (Wildman–Crippen LogP) is 8.60. The third kappa shape index (κ3) is 6.88. The van der Waals surface area contributed by atoms with Gasteiger partial charge in [-0.15, -0.1) is 0 Å². The Labute approximate surface area is 251 Å². The Kier molecular flexibility index (Phi) is 8.88. The Hall–Kier alpha value is -3.91. The first-order chi connectivity index (χ1) is 19.8. The first-order valence-electron chi connectivity index (χ1n) is 12.7. The molecule has 1 amide bonds. The molecule has 4 aromatic carbocycles. The van der Waals surface area contributed by atoms with Crippen molar-refractivity contribution in [2.45, 2.75) is 18.9 Å². The van der Waals surface area contributed by atoms with Gasteiger partial charge in [-0.3, -0.25) is 4.79 Å². The Morgan fingerprint density at radius 2 is 1.71 bits per heavy atom. The summed E-state index contributed by atoms with van der Waals surface area (Å²) < 4.78 is 16.5. The second kappa shape index (κ2) is 12.7. The average Bonchev–Trinajstić information content (AvgIpc) is 2.95. The quantitative estimate of drug-likeness (QED) is 0.194. The van der Waals surface area contributed by atoms with Crippen LogP contribution in [0.3, 0.4) is 0 Å². The molecule has 0 spiro atoms. The van der Waals surface area contributed by atoms with Gasteiger partial charge in [0, 0.05) is 45.8 Å². The second-order valence-corrected chi connectivity index (χ2v) is 10.5. The molecule has 7 nitrogen and oxygen atoms in total. The van der Waals surface area contributed by atoms with Gasteiger partial charge in [0.05, 0.1) is 11.6 Å². The lowest BCUT2D eigenvalue weighted by Gasteiger charge is -2.25. The van der Waals surface area contributed by atoms with Crippen molar-refractivity contribution in [2.24, 2.45) is 0 Å². The first kappa shape index (κ1) is 28.6. The fourth-order valence-corrected chi connectivity index (χ4v) is 5.21. The molecule has 1 aliphatic rings. The summed E-state index contributed by atoms with van der Waals surface area (Å²) in [5, 5.41) is 13.4. The third-order valence-electron chi connectivity index (χ3n) is 6.55. The number of nitrogens with one attached hydrogen (secondary N) is 1. The maximum atomic E-state index is 12.8. The summed E-state index contributed by atoms with van der Waals surface area (Å²) in [6, 6.07) is 23.0. The summed E-state index contributed by atoms with van der Waals surface area (Å²) in [7, 11) is 0. The van der Waals surface area contributed by atoms with Gasteiger partial charge in [-0.25, -0.2) is 4.79 Å². The number of benzene rings is 4. The van der Waals surface area contributed by atoms with Crippen LogP contribution in [-0.2, 0) is 11.2 Å². The van der Waals surface area contributed by atoms with Crippen LogP contribution in [0.15, 0.2) is 78.9 Å². The van der Waals surface area contributed by atoms with Gasteiger partial charge in [0.2, 0.25) is 0 Å². The number of carboxylic acid groups (broad SMARTS) is 1. The molecule has 0 saturated heterocycles. The molecule has 5 rings (SSSR count). The number of carbonyl (C=O) groups excluding carboxylic acids is 1. The number of ether oxygens (including phenoxy) is 3. The van der Waals surface area contributed by atoms with Gasteiger partial charge < -0.3 is 24.6 Å². The van der Waals surface area contributed by atoms with E-state index in [0.717, 1.165) is 16.7 Å². The van der Waals surface area contributed by atoms with E-state index < -0.39 is 12.3 Å². The van der Waals surface area contributed by atoms with E-state index in [2.05, 4.69) is 5.32 Å². The number of hydrogen-bond donors (Lipinski definition) is 2. The molecule has 0 radical (unpaired) electrons. The van der Waals surface area contributed by atoms with Gasteiger partial charge in [-0.2, -0.15) is 0 Å². The van der Waals surface area contributed by atoms with Gasteiger partial charge >= 0.3 is 6.16 Å². The van der Waals surface area contributed by atoms with Crippen molar-refractivity contribution < 1.29 is 28.9 Å². The summed E-state index contributed by atoms with van der Waals surface area (Å²) >= 11 is 19.1. The molecule has 210 valence electrons. The van der Waals surface area contributed by atoms with Gasteiger partial charge in [0.25, 0.3) is 5.91 Å². The van der Waals surface area contributed by atoms with Crippen molar-refractivity contribution in [3.8, 4) is 28.4 Å². The Morgan fingerprint density at radius 3 is 2.46 bits per heavy atom. The lowest BCUT2D eigenvalue weighted by Crippen LogP contribution is -2.25. The molecule has 41 heavy (non-hydrogen) atoms. The molecule has 0 aromatic heterocycles. The number of halogens is 3. The van der Waals surface area contributed by atoms with Crippen molar-refractivity contribution in [3.63, 3.8) is 0 Å². The molecule has 0 bridgehead atoms. The Morgan fingerprint density at radius 1 is 0.927 bits per heavy atom. The average molecular weight is 613 g/mol. The van der Waals surface area contributed by atoms with Crippen LogP contribution in [0.1, 0.15) is 34.0 Å². The van der Waals surface area contributed by atoms with Crippen molar-refractivity contribution in [3.05, 3.63) is 111 Å². The molecule has 1 atom stereocenters. The van der Waals surface area contributed by atoms with Gasteiger partial charge in [-0.05, 0) is 66.1 Å². The van der Waals surface area contributed by atoms with Crippen LogP contribution < -0.4 is 14.8 Å². The lowest BCUT2D eigenvalue weighted by molar-refractivity contribution is 0.0326. The zero-order valence-electron chi connectivity index (χ0n) is 21.5. The summed E-state index contributed by atoms with van der Waals surface area (Å²) in [4.78, 5) is 23.8. The zero-order valence-corrected chi connectivity index (χ0v) is 23.8. The largest absolute Gasteiger partial charge is 0.506 e. The van der Waals surface area contributed by atoms with E-state index in [1.165, 1.54) is 0 Å². The van der Waals surface area contributed by atoms with Gasteiger partial charge in [0.1, 0.15) is 23.4 Å². The molecule has 0 saturated carbocycles. The molecular weight excluding hydrogens is 589 g/mol. The number of hydrogen-bond acceptors (Lipinski definition) is 5. The van der Waals surface area contributed by atoms with Crippen molar-refractivity contribution in [2.75, 3.05) is 13.2 Å². The van der Waals surface area contributed by atoms with Crippen LogP contribution >= 0.6 is 34.8 Å². The molecule has 0 fully saturated rings. The summed E-state index contributed by atoms with van der Waals surface area (Å²) in [5.41, 5.74) is 3.83. The second-order valence-electron chi connectivity index (χ2n) is 9.24. The highest BCUT2D eigenvalue weighted by Gasteiger charge is 2.27. The van der Waals surface area contributed by atoms with E-state index >= 15 is 0 Å². The van der Waals surface area contributed by atoms with Crippen molar-refractivity contribution >= 4 is 46.9 Å². The minimum atomic E-state index is -1.37. The third-order valence-corrected chi connectivity index (χ3v) is 7.41. The minimum Gasteiger partial charge on any atom is -0.493 e. The van der Waals surface area contributed by atoms with Crippen LogP contribution in [0.2, 0.25) is 15.1 Å². The molecule has 1 heterocycles. The standard InChI is InChI=1S/C31H24Cl3NO6/c32-20-8-5-18(23(15-20)22-3-1-2-4-25(22)33)11-13-35-30(36)19-6-9-21(10-7-19)40-29-17-28-24(16-26(29)34)27(12-14-39-28)41-31(37)38/h1-10,15-17,27H,11-14H2,(H,35,36)(H,37,38). The molecule has 10 heteroatoms. The Bertz CT molecular complexity index is 1590. The number of fused-ring (bicyclic) bond motifs is 1. The molecule has 4 aromatic rings. The molecule has 1 unspecified atom stereocenters. The number of rotatable bonds is 8. The smallest absolute Gasteiger partial charge is 0.493 e. The van der Waals surface area contributed by atoms with E-state index in [4.69, 9.17) is 54.1 Å². The molecule has 2 N–H and O–H groups in total.